The second kappa shape index (κ2) is 11.2. The van der Waals surface area contributed by atoms with Gasteiger partial charge in [-0.25, -0.2) is 4.98 Å². The van der Waals surface area contributed by atoms with Crippen LogP contribution in [-0.4, -0.2) is 36.5 Å². The highest BCUT2D eigenvalue weighted by atomic mass is 16.5. The molecule has 0 aliphatic rings. The average Bonchev–Trinajstić information content (AvgIpc) is 2.79. The molecule has 0 amide bonds. The summed E-state index contributed by atoms with van der Waals surface area (Å²) in [6.07, 6.45) is 1.99. The number of hydrogen-bond donors (Lipinski definition) is 1. The second-order valence-corrected chi connectivity index (χ2v) is 6.88. The number of anilines is 1. The van der Waals surface area contributed by atoms with Gasteiger partial charge in [-0.2, -0.15) is 0 Å². The van der Waals surface area contributed by atoms with E-state index < -0.39 is 0 Å². The first-order valence-corrected chi connectivity index (χ1v) is 9.94. The van der Waals surface area contributed by atoms with E-state index in [1.807, 2.05) is 37.3 Å². The fourth-order valence-corrected chi connectivity index (χ4v) is 3.38. The first-order valence-electron chi connectivity index (χ1n) is 9.94. The van der Waals surface area contributed by atoms with Crippen molar-refractivity contribution in [2.75, 3.05) is 26.6 Å². The fraction of sp³-hybridized carbons (Fsp3) is 0.375. The Morgan fingerprint density at radius 1 is 0.935 bits per heavy atom. The number of nitrogens with one attached hydrogen (secondary N) is 1. The molecule has 1 atom stereocenters. The minimum atomic E-state index is 0. The molecule has 31 heavy (non-hydrogen) atoms. The molecule has 3 aromatic rings. The lowest BCUT2D eigenvalue weighted by molar-refractivity contribution is 0.324. The highest BCUT2D eigenvalue weighted by Crippen LogP contribution is 2.41. The first kappa shape index (κ1) is 23.9. The number of benzene rings is 2. The van der Waals surface area contributed by atoms with E-state index >= 15 is 0 Å². The molecule has 3 rings (SSSR count). The second-order valence-electron chi connectivity index (χ2n) is 6.88. The maximum Gasteiger partial charge on any atom is 0.243 e. The normalized spacial score (nSPS) is 11.3. The van der Waals surface area contributed by atoms with E-state index in [1.54, 1.807) is 21.3 Å². The van der Waals surface area contributed by atoms with Gasteiger partial charge in [0.2, 0.25) is 11.7 Å². The molecule has 0 fully saturated rings. The molecule has 0 spiro atoms. The summed E-state index contributed by atoms with van der Waals surface area (Å²) < 4.78 is 16.4. The Balaban J connectivity index is 0.00000341. The predicted octanol–water partition coefficient (Wildman–Crippen LogP) is 5.46. The summed E-state index contributed by atoms with van der Waals surface area (Å²) in [7, 11) is 4.76. The molecule has 2 aromatic carbocycles. The third kappa shape index (κ3) is 5.42. The van der Waals surface area contributed by atoms with Crippen LogP contribution < -0.4 is 19.5 Å². The van der Waals surface area contributed by atoms with Crippen molar-refractivity contribution in [3.63, 3.8) is 0 Å². The zero-order valence-electron chi connectivity index (χ0n) is 18.1. The minimum absolute atomic E-state index is 0. The van der Waals surface area contributed by atoms with E-state index in [1.165, 1.54) is 5.56 Å². The van der Waals surface area contributed by atoms with Gasteiger partial charge in [-0.05, 0) is 31.0 Å². The monoisotopic (exact) mass is 424 g/mol. The van der Waals surface area contributed by atoms with Crippen LogP contribution >= 0.6 is 0 Å². The molecule has 0 saturated heterocycles. The van der Waals surface area contributed by atoms with Crippen LogP contribution in [0.4, 0.5) is 5.95 Å². The van der Waals surface area contributed by atoms with Crippen molar-refractivity contribution in [1.29, 1.82) is 0 Å². The Morgan fingerprint density at radius 2 is 1.58 bits per heavy atom. The molecule has 0 saturated carbocycles. The number of aryl methyl sites for hydroxylation is 1. The highest BCUT2D eigenvalue weighted by Gasteiger charge is 2.18. The smallest absolute Gasteiger partial charge is 0.243 e. The van der Waals surface area contributed by atoms with Crippen LogP contribution in [0.1, 0.15) is 44.5 Å². The van der Waals surface area contributed by atoms with Crippen LogP contribution in [0.15, 0.2) is 42.5 Å². The first-order chi connectivity index (χ1) is 14.6. The van der Waals surface area contributed by atoms with E-state index in [9.17, 15) is 0 Å². The van der Waals surface area contributed by atoms with E-state index in [-0.39, 0.29) is 13.5 Å². The van der Waals surface area contributed by atoms with Crippen LogP contribution in [0.25, 0.3) is 11.3 Å². The lowest BCUT2D eigenvalue weighted by Crippen LogP contribution is -2.14. The lowest BCUT2D eigenvalue weighted by Gasteiger charge is -2.19. The molecule has 1 N–H and O–H groups in total. The van der Waals surface area contributed by atoms with E-state index in [0.29, 0.717) is 34.6 Å². The van der Waals surface area contributed by atoms with Crippen LogP contribution in [0.3, 0.4) is 0 Å². The molecule has 1 heterocycles. The molecule has 7 nitrogen and oxygen atoms in total. The summed E-state index contributed by atoms with van der Waals surface area (Å²) >= 11 is 0. The van der Waals surface area contributed by atoms with Gasteiger partial charge >= 0.3 is 0 Å². The molecule has 0 bridgehead atoms. The van der Waals surface area contributed by atoms with Crippen LogP contribution in [0.5, 0.6) is 17.2 Å². The fourth-order valence-electron chi connectivity index (χ4n) is 3.38. The highest BCUT2D eigenvalue weighted by molar-refractivity contribution is 5.70. The zero-order chi connectivity index (χ0) is 21.5. The van der Waals surface area contributed by atoms with Crippen LogP contribution in [0.2, 0.25) is 0 Å². The summed E-state index contributed by atoms with van der Waals surface area (Å²) in [5, 5.41) is 12.0. The van der Waals surface area contributed by atoms with Crippen molar-refractivity contribution >= 4 is 5.95 Å². The number of methoxy groups -OCH3 is 3. The minimum Gasteiger partial charge on any atom is -0.493 e. The van der Waals surface area contributed by atoms with Gasteiger partial charge in [0.1, 0.15) is 0 Å². The van der Waals surface area contributed by atoms with Gasteiger partial charge < -0.3 is 19.5 Å². The van der Waals surface area contributed by atoms with Gasteiger partial charge in [0.05, 0.1) is 38.8 Å². The van der Waals surface area contributed by atoms with Crippen molar-refractivity contribution < 1.29 is 14.2 Å². The number of hydrogen-bond acceptors (Lipinski definition) is 7. The summed E-state index contributed by atoms with van der Waals surface area (Å²) in [4.78, 5) is 4.76. The Labute approximate surface area is 184 Å². The molecule has 0 radical (unpaired) electrons. The van der Waals surface area contributed by atoms with Crippen LogP contribution in [0, 0.1) is 6.92 Å². The molecular weight excluding hydrogens is 392 g/mol. The maximum atomic E-state index is 5.48. The summed E-state index contributed by atoms with van der Waals surface area (Å²) in [5.74, 6) is 2.14. The average molecular weight is 425 g/mol. The SMILES string of the molecule is C.CCCC(Nc1nnc(C)c(-c2cc(OC)c(OC)c(OC)c2)n1)c1ccccc1. The number of ether oxygens (including phenoxy) is 3. The quantitative estimate of drug-likeness (QED) is 0.488. The Morgan fingerprint density at radius 3 is 2.13 bits per heavy atom. The van der Waals surface area contributed by atoms with Crippen molar-refractivity contribution in [2.24, 2.45) is 0 Å². The molecule has 166 valence electrons. The number of rotatable bonds is 9. The summed E-state index contributed by atoms with van der Waals surface area (Å²) in [6.45, 7) is 4.04. The topological polar surface area (TPSA) is 78.4 Å². The predicted molar refractivity (Wildman–Crippen MR) is 124 cm³/mol. The van der Waals surface area contributed by atoms with Gasteiger partial charge in [-0.3, -0.25) is 0 Å². The van der Waals surface area contributed by atoms with Crippen molar-refractivity contribution in [2.45, 2.75) is 40.2 Å². The van der Waals surface area contributed by atoms with Gasteiger partial charge in [0, 0.05) is 5.56 Å². The summed E-state index contributed by atoms with van der Waals surface area (Å²) in [5.41, 5.74) is 3.42. The van der Waals surface area contributed by atoms with E-state index in [4.69, 9.17) is 19.2 Å². The molecule has 7 heteroatoms. The third-order valence-electron chi connectivity index (χ3n) is 4.88. The Kier molecular flexibility index (Phi) is 8.61. The maximum absolute atomic E-state index is 5.48. The van der Waals surface area contributed by atoms with E-state index in [2.05, 4.69) is 34.6 Å². The number of nitrogens with zero attached hydrogens (tertiary/aromatic N) is 3. The third-order valence-corrected chi connectivity index (χ3v) is 4.88. The zero-order valence-corrected chi connectivity index (χ0v) is 18.1. The van der Waals surface area contributed by atoms with E-state index in [0.717, 1.165) is 18.4 Å². The van der Waals surface area contributed by atoms with Gasteiger partial charge in [-0.15, -0.1) is 10.2 Å². The largest absolute Gasteiger partial charge is 0.493 e. The van der Waals surface area contributed by atoms with Crippen molar-refractivity contribution in [3.8, 4) is 28.5 Å². The summed E-state index contributed by atoms with van der Waals surface area (Å²) in [6, 6.07) is 14.1. The number of aromatic nitrogens is 3. The van der Waals surface area contributed by atoms with Crippen LogP contribution in [-0.2, 0) is 0 Å². The van der Waals surface area contributed by atoms with Gasteiger partial charge in [0.15, 0.2) is 11.5 Å². The van der Waals surface area contributed by atoms with Crippen molar-refractivity contribution in [3.05, 3.63) is 53.7 Å². The van der Waals surface area contributed by atoms with Gasteiger partial charge in [0.25, 0.3) is 0 Å². The molecular formula is C24H32N4O3. The molecule has 1 aromatic heterocycles. The lowest BCUT2D eigenvalue weighted by atomic mass is 10.0. The molecule has 1 unspecified atom stereocenters. The Bertz CT molecular complexity index is 955. The Hall–Kier alpha value is -3.35. The molecule has 0 aliphatic carbocycles. The van der Waals surface area contributed by atoms with Crippen molar-refractivity contribution in [1.82, 2.24) is 15.2 Å². The standard InChI is InChI=1S/C23H28N4O3.CH4/c1-6-10-18(16-11-8-7-9-12-16)24-23-25-21(15(2)26-27-23)17-13-19(28-3)22(30-5)20(14-17)29-4;/h7-9,11-14,18H,6,10H2,1-5H3,(H,24,25,27);1H4. The molecule has 0 aliphatic heterocycles. The van der Waals surface area contributed by atoms with Gasteiger partial charge in [-0.1, -0.05) is 51.1 Å².